The largest absolute Gasteiger partial charge is 0.335 e. The average molecular weight is 321 g/mol. The number of nitrogens with one attached hydrogen (secondary N) is 1. The van der Waals surface area contributed by atoms with Gasteiger partial charge in [-0.2, -0.15) is 5.10 Å². The number of carbonyl (C=O) groups is 1. The van der Waals surface area contributed by atoms with E-state index in [0.717, 1.165) is 12.1 Å². The molecule has 0 bridgehead atoms. The van der Waals surface area contributed by atoms with Crippen molar-refractivity contribution in [3.63, 3.8) is 0 Å². The van der Waals surface area contributed by atoms with Crippen molar-refractivity contribution in [2.24, 2.45) is 5.73 Å². The molecule has 1 aromatic heterocycles. The summed E-state index contributed by atoms with van der Waals surface area (Å²) in [6, 6.07) is 11.9. The smallest absolute Gasteiger partial charge is 0.274 e. The third kappa shape index (κ3) is 3.15. The van der Waals surface area contributed by atoms with Gasteiger partial charge in [0.25, 0.3) is 5.91 Å². The van der Waals surface area contributed by atoms with Crippen LogP contribution in [0.25, 0.3) is 0 Å². The van der Waals surface area contributed by atoms with Gasteiger partial charge in [-0.15, -0.1) is 12.4 Å². The molecule has 0 unspecified atom stereocenters. The van der Waals surface area contributed by atoms with Crippen molar-refractivity contribution in [3.8, 4) is 0 Å². The number of nitrogens with two attached hydrogens (primary N) is 1. The Bertz CT molecular complexity index is 628. The summed E-state index contributed by atoms with van der Waals surface area (Å²) in [4.78, 5) is 14.3. The number of amides is 1. The van der Waals surface area contributed by atoms with E-state index in [2.05, 4.69) is 22.3 Å². The number of nitrogens with zero attached hydrogens (tertiary/aromatic N) is 2. The van der Waals surface area contributed by atoms with Gasteiger partial charge < -0.3 is 10.6 Å². The molecule has 0 aliphatic carbocycles. The van der Waals surface area contributed by atoms with E-state index in [0.29, 0.717) is 18.8 Å². The molecule has 1 saturated heterocycles. The zero-order valence-corrected chi connectivity index (χ0v) is 13.3. The normalized spacial score (nSPS) is 20.7. The van der Waals surface area contributed by atoms with Crippen LogP contribution in [0.5, 0.6) is 0 Å². The molecule has 1 aromatic carbocycles. The molecule has 1 amide bonds. The molecular formula is C16H21ClN4O. The molecule has 3 rings (SSSR count). The third-order valence-electron chi connectivity index (χ3n) is 4.11. The van der Waals surface area contributed by atoms with Crippen LogP contribution < -0.4 is 5.73 Å². The summed E-state index contributed by atoms with van der Waals surface area (Å²) >= 11 is 0. The van der Waals surface area contributed by atoms with Gasteiger partial charge in [0, 0.05) is 30.7 Å². The molecular weight excluding hydrogens is 300 g/mol. The molecule has 3 N–H and O–H groups in total. The number of aromatic nitrogens is 2. The Morgan fingerprint density at radius 1 is 1.36 bits per heavy atom. The van der Waals surface area contributed by atoms with Crippen LogP contribution in [0.2, 0.25) is 0 Å². The van der Waals surface area contributed by atoms with Crippen LogP contribution in [0.3, 0.4) is 0 Å². The van der Waals surface area contributed by atoms with Gasteiger partial charge in [-0.3, -0.25) is 9.89 Å². The Hall–Kier alpha value is -1.85. The van der Waals surface area contributed by atoms with Gasteiger partial charge in [0.2, 0.25) is 0 Å². The second-order valence-electron chi connectivity index (χ2n) is 5.52. The fraction of sp³-hybridized carbons (Fsp3) is 0.375. The van der Waals surface area contributed by atoms with E-state index < -0.39 is 0 Å². The van der Waals surface area contributed by atoms with E-state index in [9.17, 15) is 4.79 Å². The van der Waals surface area contributed by atoms with Crippen molar-refractivity contribution in [1.82, 2.24) is 15.1 Å². The highest BCUT2D eigenvalue weighted by atomic mass is 35.5. The maximum atomic E-state index is 12.5. The van der Waals surface area contributed by atoms with Gasteiger partial charge in [-0.1, -0.05) is 37.3 Å². The molecule has 1 aliphatic rings. The van der Waals surface area contributed by atoms with Gasteiger partial charge >= 0.3 is 0 Å². The van der Waals surface area contributed by atoms with E-state index in [-0.39, 0.29) is 30.3 Å². The van der Waals surface area contributed by atoms with Crippen LogP contribution in [0.4, 0.5) is 0 Å². The lowest BCUT2D eigenvalue weighted by atomic mass is 9.95. The summed E-state index contributed by atoms with van der Waals surface area (Å²) in [6.07, 6.45) is 0.840. The van der Waals surface area contributed by atoms with Crippen LogP contribution in [-0.2, 0) is 6.42 Å². The van der Waals surface area contributed by atoms with Crippen molar-refractivity contribution in [1.29, 1.82) is 0 Å². The number of carbonyl (C=O) groups excluding carboxylic acids is 1. The quantitative estimate of drug-likeness (QED) is 0.907. The summed E-state index contributed by atoms with van der Waals surface area (Å²) < 4.78 is 0. The van der Waals surface area contributed by atoms with E-state index in [4.69, 9.17) is 5.73 Å². The highest BCUT2D eigenvalue weighted by Gasteiger charge is 2.34. The number of likely N-dealkylation sites (tertiary alicyclic amines) is 1. The topological polar surface area (TPSA) is 75.0 Å². The van der Waals surface area contributed by atoms with Crippen molar-refractivity contribution in [3.05, 3.63) is 53.3 Å². The number of aryl methyl sites for hydroxylation is 1. The predicted octanol–water partition coefficient (Wildman–Crippen LogP) is 1.96. The van der Waals surface area contributed by atoms with E-state index in [1.54, 1.807) is 4.90 Å². The van der Waals surface area contributed by atoms with Crippen LogP contribution in [0.1, 0.15) is 34.6 Å². The number of rotatable bonds is 3. The van der Waals surface area contributed by atoms with E-state index >= 15 is 0 Å². The molecule has 2 aromatic rings. The molecule has 0 spiro atoms. The molecule has 5 nitrogen and oxygen atoms in total. The highest BCUT2D eigenvalue weighted by molar-refractivity contribution is 5.92. The van der Waals surface area contributed by atoms with Crippen molar-refractivity contribution < 1.29 is 4.79 Å². The Labute approximate surface area is 136 Å². The lowest BCUT2D eigenvalue weighted by molar-refractivity contribution is 0.0783. The number of hydrogen-bond acceptors (Lipinski definition) is 3. The van der Waals surface area contributed by atoms with Crippen LogP contribution >= 0.6 is 12.4 Å². The second kappa shape index (κ2) is 6.94. The summed E-state index contributed by atoms with van der Waals surface area (Å²) in [5, 5.41) is 6.98. The summed E-state index contributed by atoms with van der Waals surface area (Å²) in [5.41, 5.74) is 8.87. The number of H-pyrrole nitrogens is 1. The number of aromatic amines is 1. The lowest BCUT2D eigenvalue weighted by Gasteiger charge is -2.15. The minimum Gasteiger partial charge on any atom is -0.335 e. The minimum atomic E-state index is -0.0418. The molecule has 1 fully saturated rings. The molecule has 2 atom stereocenters. The Morgan fingerprint density at radius 3 is 2.73 bits per heavy atom. The van der Waals surface area contributed by atoms with Gasteiger partial charge in [0.05, 0.1) is 0 Å². The van der Waals surface area contributed by atoms with Crippen LogP contribution in [0, 0.1) is 0 Å². The predicted molar refractivity (Wildman–Crippen MR) is 88.3 cm³/mol. The molecule has 0 saturated carbocycles. The Morgan fingerprint density at radius 2 is 2.09 bits per heavy atom. The number of benzene rings is 1. The van der Waals surface area contributed by atoms with E-state index in [1.165, 1.54) is 5.56 Å². The number of halogens is 1. The van der Waals surface area contributed by atoms with Crippen molar-refractivity contribution in [2.75, 3.05) is 13.1 Å². The molecule has 118 valence electrons. The minimum absolute atomic E-state index is 0. The third-order valence-corrected chi connectivity index (χ3v) is 4.11. The average Bonchev–Trinajstić information content (AvgIpc) is 3.14. The van der Waals surface area contributed by atoms with Crippen molar-refractivity contribution in [2.45, 2.75) is 25.3 Å². The molecule has 1 aliphatic heterocycles. The van der Waals surface area contributed by atoms with Gasteiger partial charge in [-0.25, -0.2) is 0 Å². The fourth-order valence-electron chi connectivity index (χ4n) is 2.86. The molecule has 22 heavy (non-hydrogen) atoms. The first kappa shape index (κ1) is 16.5. The first-order valence-corrected chi connectivity index (χ1v) is 7.33. The SMILES string of the molecule is CCc1cc(C(=O)N2C[C@@H](N)[C@H](c3ccccc3)C2)n[nH]1.Cl. The zero-order chi connectivity index (χ0) is 14.8. The first-order valence-electron chi connectivity index (χ1n) is 7.33. The van der Waals surface area contributed by atoms with Crippen molar-refractivity contribution >= 4 is 18.3 Å². The molecule has 0 radical (unpaired) electrons. The molecule has 2 heterocycles. The monoisotopic (exact) mass is 320 g/mol. The Balaban J connectivity index is 0.00000176. The number of hydrogen-bond donors (Lipinski definition) is 2. The standard InChI is InChI=1S/C16H20N4O.ClH/c1-2-12-8-15(19-18-12)16(21)20-9-13(14(17)10-20)11-6-4-3-5-7-11;/h3-8,13-14H,2,9-10,17H2,1H3,(H,18,19);1H/t13-,14+;/m0./s1. The van der Waals surface area contributed by atoms with Crippen LogP contribution in [0.15, 0.2) is 36.4 Å². The summed E-state index contributed by atoms with van der Waals surface area (Å²) in [6.45, 7) is 3.25. The maximum absolute atomic E-state index is 12.5. The summed E-state index contributed by atoms with van der Waals surface area (Å²) in [7, 11) is 0. The zero-order valence-electron chi connectivity index (χ0n) is 12.5. The van der Waals surface area contributed by atoms with Gasteiger partial charge in [0.15, 0.2) is 0 Å². The van der Waals surface area contributed by atoms with Crippen LogP contribution in [-0.4, -0.2) is 40.1 Å². The summed E-state index contributed by atoms with van der Waals surface area (Å²) in [5.74, 6) is 0.152. The highest BCUT2D eigenvalue weighted by Crippen LogP contribution is 2.27. The van der Waals surface area contributed by atoms with Gasteiger partial charge in [-0.05, 0) is 18.1 Å². The Kier molecular flexibility index (Phi) is 5.21. The second-order valence-corrected chi connectivity index (χ2v) is 5.52. The van der Waals surface area contributed by atoms with E-state index in [1.807, 2.05) is 31.2 Å². The lowest BCUT2D eigenvalue weighted by Crippen LogP contribution is -2.32. The van der Waals surface area contributed by atoms with Gasteiger partial charge in [0.1, 0.15) is 5.69 Å². The fourth-order valence-corrected chi connectivity index (χ4v) is 2.86. The first-order chi connectivity index (χ1) is 10.2. The maximum Gasteiger partial charge on any atom is 0.274 e. The molecule has 6 heteroatoms.